The van der Waals surface area contributed by atoms with Crippen molar-refractivity contribution in [2.24, 2.45) is 11.8 Å². The smallest absolute Gasteiger partial charge is 0.290 e. The van der Waals surface area contributed by atoms with Gasteiger partial charge in [-0.15, -0.1) is 0 Å². The standard InChI is InChI=1S/C15H23N3O2/c1-11-3-5-13(6-4-11)7-8-16-15-9-12(2)14(10-17-15)18(19)20/h9-11,13H,3-8H2,1-2H3,(H,16,17). The fourth-order valence-corrected chi connectivity index (χ4v) is 2.86. The second-order valence-electron chi connectivity index (χ2n) is 5.95. The van der Waals surface area contributed by atoms with Gasteiger partial charge in [0, 0.05) is 12.1 Å². The Bertz CT molecular complexity index is 468. The van der Waals surface area contributed by atoms with Crippen LogP contribution in [0.25, 0.3) is 0 Å². The molecule has 1 N–H and O–H groups in total. The van der Waals surface area contributed by atoms with Crippen LogP contribution in [-0.4, -0.2) is 16.5 Å². The SMILES string of the molecule is Cc1cc(NCCC2CCC(C)CC2)ncc1[N+](=O)[O-]. The van der Waals surface area contributed by atoms with Gasteiger partial charge in [0.2, 0.25) is 0 Å². The van der Waals surface area contributed by atoms with Gasteiger partial charge in [0.05, 0.1) is 4.92 Å². The van der Waals surface area contributed by atoms with Gasteiger partial charge in [0.1, 0.15) is 12.0 Å². The van der Waals surface area contributed by atoms with E-state index in [1.54, 1.807) is 13.0 Å². The molecule has 0 unspecified atom stereocenters. The van der Waals surface area contributed by atoms with Crippen molar-refractivity contribution in [3.8, 4) is 0 Å². The summed E-state index contributed by atoms with van der Waals surface area (Å²) in [5.41, 5.74) is 0.732. The van der Waals surface area contributed by atoms with Gasteiger partial charge in [-0.1, -0.05) is 32.6 Å². The molecule has 0 spiro atoms. The molecule has 0 saturated heterocycles. The van der Waals surface area contributed by atoms with Crippen molar-refractivity contribution in [3.05, 3.63) is 27.9 Å². The molecule has 1 aliphatic rings. The van der Waals surface area contributed by atoms with Gasteiger partial charge < -0.3 is 5.32 Å². The Kier molecular flexibility index (Phi) is 4.93. The Morgan fingerprint density at radius 2 is 2.10 bits per heavy atom. The lowest BCUT2D eigenvalue weighted by Crippen LogP contribution is -2.16. The summed E-state index contributed by atoms with van der Waals surface area (Å²) in [7, 11) is 0. The Morgan fingerprint density at radius 3 is 2.70 bits per heavy atom. The van der Waals surface area contributed by atoms with E-state index >= 15 is 0 Å². The monoisotopic (exact) mass is 277 g/mol. The molecule has 1 fully saturated rings. The second kappa shape index (κ2) is 6.68. The molecule has 1 aliphatic carbocycles. The van der Waals surface area contributed by atoms with Crippen LogP contribution >= 0.6 is 0 Å². The third-order valence-electron chi connectivity index (χ3n) is 4.27. The molecule has 0 bridgehead atoms. The number of aromatic nitrogens is 1. The quantitative estimate of drug-likeness (QED) is 0.654. The first-order chi connectivity index (χ1) is 9.56. The Hall–Kier alpha value is -1.65. The van der Waals surface area contributed by atoms with E-state index in [1.165, 1.54) is 31.9 Å². The fourth-order valence-electron chi connectivity index (χ4n) is 2.86. The van der Waals surface area contributed by atoms with Crippen LogP contribution in [0.4, 0.5) is 11.5 Å². The molecule has 20 heavy (non-hydrogen) atoms. The van der Waals surface area contributed by atoms with Gasteiger partial charge in [-0.3, -0.25) is 10.1 Å². The maximum absolute atomic E-state index is 10.7. The van der Waals surface area contributed by atoms with E-state index in [9.17, 15) is 10.1 Å². The Labute approximate surface area is 119 Å². The van der Waals surface area contributed by atoms with Crippen molar-refractivity contribution in [2.45, 2.75) is 46.0 Å². The van der Waals surface area contributed by atoms with Crippen molar-refractivity contribution in [1.82, 2.24) is 4.98 Å². The van der Waals surface area contributed by atoms with Crippen LogP contribution in [0.3, 0.4) is 0 Å². The molecule has 1 aromatic rings. The normalized spacial score (nSPS) is 22.5. The molecule has 2 rings (SSSR count). The van der Waals surface area contributed by atoms with Crippen molar-refractivity contribution in [3.63, 3.8) is 0 Å². The highest BCUT2D eigenvalue weighted by Crippen LogP contribution is 2.30. The number of nitrogens with zero attached hydrogens (tertiary/aromatic N) is 2. The number of hydrogen-bond acceptors (Lipinski definition) is 4. The highest BCUT2D eigenvalue weighted by atomic mass is 16.6. The minimum Gasteiger partial charge on any atom is -0.370 e. The third kappa shape index (κ3) is 3.92. The maximum atomic E-state index is 10.7. The minimum absolute atomic E-state index is 0.0804. The van der Waals surface area contributed by atoms with Crippen LogP contribution in [0.5, 0.6) is 0 Å². The summed E-state index contributed by atoms with van der Waals surface area (Å²) in [6.45, 7) is 4.97. The topological polar surface area (TPSA) is 68.1 Å². The van der Waals surface area contributed by atoms with Gasteiger partial charge in [0.25, 0.3) is 5.69 Å². The highest BCUT2D eigenvalue weighted by molar-refractivity contribution is 5.46. The van der Waals surface area contributed by atoms with E-state index in [1.807, 2.05) is 0 Å². The van der Waals surface area contributed by atoms with Crippen molar-refractivity contribution < 1.29 is 4.92 Å². The molecule has 0 radical (unpaired) electrons. The molecule has 0 atom stereocenters. The summed E-state index contributed by atoms with van der Waals surface area (Å²) in [5, 5.41) is 14.0. The summed E-state index contributed by atoms with van der Waals surface area (Å²) in [4.78, 5) is 14.4. The predicted octanol–water partition coefficient (Wildman–Crippen LogP) is 3.93. The average Bonchev–Trinajstić information content (AvgIpc) is 2.41. The van der Waals surface area contributed by atoms with E-state index in [4.69, 9.17) is 0 Å². The number of nitro groups is 1. The van der Waals surface area contributed by atoms with E-state index in [2.05, 4.69) is 17.2 Å². The molecule has 5 nitrogen and oxygen atoms in total. The summed E-state index contributed by atoms with van der Waals surface area (Å²) in [6.07, 6.45) is 7.84. The zero-order chi connectivity index (χ0) is 14.5. The first-order valence-electron chi connectivity index (χ1n) is 7.41. The van der Waals surface area contributed by atoms with Crippen molar-refractivity contribution in [2.75, 3.05) is 11.9 Å². The van der Waals surface area contributed by atoms with Gasteiger partial charge >= 0.3 is 0 Å². The molecule has 1 aromatic heterocycles. The number of nitrogens with one attached hydrogen (secondary N) is 1. The van der Waals surface area contributed by atoms with Gasteiger partial charge in [0.15, 0.2) is 0 Å². The largest absolute Gasteiger partial charge is 0.370 e. The second-order valence-corrected chi connectivity index (χ2v) is 5.95. The number of pyridine rings is 1. The molecular weight excluding hydrogens is 254 g/mol. The van der Waals surface area contributed by atoms with Crippen LogP contribution in [0.1, 0.15) is 44.6 Å². The van der Waals surface area contributed by atoms with E-state index < -0.39 is 4.92 Å². The molecule has 1 saturated carbocycles. The first kappa shape index (κ1) is 14.8. The number of aryl methyl sites for hydroxylation is 1. The van der Waals surface area contributed by atoms with Crippen LogP contribution < -0.4 is 5.32 Å². The fraction of sp³-hybridized carbons (Fsp3) is 0.667. The molecule has 0 amide bonds. The van der Waals surface area contributed by atoms with Crippen LogP contribution in [-0.2, 0) is 0 Å². The van der Waals surface area contributed by atoms with Crippen LogP contribution in [0, 0.1) is 28.9 Å². The summed E-state index contributed by atoms with van der Waals surface area (Å²) < 4.78 is 0. The van der Waals surface area contributed by atoms with Gasteiger partial charge in [-0.25, -0.2) is 4.98 Å². The zero-order valence-electron chi connectivity index (χ0n) is 12.3. The summed E-state index contributed by atoms with van der Waals surface area (Å²) >= 11 is 0. The lowest BCUT2D eigenvalue weighted by atomic mass is 9.81. The average molecular weight is 277 g/mol. The molecule has 1 heterocycles. The van der Waals surface area contributed by atoms with Gasteiger partial charge in [-0.2, -0.15) is 0 Å². The minimum atomic E-state index is -0.394. The predicted molar refractivity (Wildman–Crippen MR) is 79.9 cm³/mol. The highest BCUT2D eigenvalue weighted by Gasteiger charge is 2.17. The zero-order valence-corrected chi connectivity index (χ0v) is 12.3. The first-order valence-corrected chi connectivity index (χ1v) is 7.41. The molecule has 110 valence electrons. The van der Waals surface area contributed by atoms with Crippen LogP contribution in [0.15, 0.2) is 12.3 Å². The summed E-state index contributed by atoms with van der Waals surface area (Å²) in [6, 6.07) is 1.75. The number of hydrogen-bond donors (Lipinski definition) is 1. The molecular formula is C15H23N3O2. The van der Waals surface area contributed by atoms with Crippen molar-refractivity contribution >= 4 is 11.5 Å². The van der Waals surface area contributed by atoms with Crippen LogP contribution in [0.2, 0.25) is 0 Å². The third-order valence-corrected chi connectivity index (χ3v) is 4.27. The summed E-state index contributed by atoms with van der Waals surface area (Å²) in [5.74, 6) is 2.44. The van der Waals surface area contributed by atoms with E-state index in [0.717, 1.165) is 30.6 Å². The van der Waals surface area contributed by atoms with Gasteiger partial charge in [-0.05, 0) is 31.2 Å². The Morgan fingerprint density at radius 1 is 1.40 bits per heavy atom. The number of rotatable bonds is 5. The number of anilines is 1. The van der Waals surface area contributed by atoms with E-state index in [0.29, 0.717) is 5.56 Å². The maximum Gasteiger partial charge on any atom is 0.290 e. The molecule has 0 aliphatic heterocycles. The van der Waals surface area contributed by atoms with E-state index in [-0.39, 0.29) is 5.69 Å². The molecule has 0 aromatic carbocycles. The Balaban J connectivity index is 1.79. The lowest BCUT2D eigenvalue weighted by molar-refractivity contribution is -0.385. The van der Waals surface area contributed by atoms with Crippen molar-refractivity contribution in [1.29, 1.82) is 0 Å². The lowest BCUT2D eigenvalue weighted by Gasteiger charge is -2.26. The molecule has 5 heteroatoms.